The van der Waals surface area contributed by atoms with Gasteiger partial charge in [-0.3, -0.25) is 9.80 Å². The lowest BCUT2D eigenvalue weighted by molar-refractivity contribution is 0.0974. The fourth-order valence-electron chi connectivity index (χ4n) is 4.06. The molecule has 0 aliphatic carbocycles. The minimum Gasteiger partial charge on any atom is -0.493 e. The Kier molecular flexibility index (Phi) is 7.32. The second kappa shape index (κ2) is 10.4. The molecule has 0 saturated carbocycles. The zero-order chi connectivity index (χ0) is 23.4. The van der Waals surface area contributed by atoms with Gasteiger partial charge in [0.2, 0.25) is 11.6 Å². The van der Waals surface area contributed by atoms with Gasteiger partial charge in [0.1, 0.15) is 0 Å². The number of piperazine rings is 1. The second-order valence-corrected chi connectivity index (χ2v) is 8.46. The van der Waals surface area contributed by atoms with E-state index in [1.807, 2.05) is 0 Å². The predicted octanol–water partition coefficient (Wildman–Crippen LogP) is 3.98. The average Bonchev–Trinajstić information content (AvgIpc) is 3.19. The molecule has 176 valence electrons. The van der Waals surface area contributed by atoms with Crippen LogP contribution in [0.25, 0.3) is 11.5 Å². The van der Waals surface area contributed by atoms with E-state index >= 15 is 0 Å². The molecule has 1 saturated heterocycles. The summed E-state index contributed by atoms with van der Waals surface area (Å²) >= 11 is 5.44. The third-order valence-corrected chi connectivity index (χ3v) is 6.10. The number of aryl methyl sites for hydroxylation is 1. The van der Waals surface area contributed by atoms with E-state index in [1.165, 1.54) is 11.1 Å². The number of hydrogen-bond acceptors (Lipinski definition) is 8. The highest BCUT2D eigenvalue weighted by molar-refractivity contribution is 7.71. The number of benzene rings is 2. The van der Waals surface area contributed by atoms with Crippen LogP contribution in [0.1, 0.15) is 11.1 Å². The van der Waals surface area contributed by atoms with E-state index in [-0.39, 0.29) is 0 Å². The van der Waals surface area contributed by atoms with Crippen LogP contribution < -0.4 is 14.2 Å². The van der Waals surface area contributed by atoms with Crippen molar-refractivity contribution in [1.29, 1.82) is 0 Å². The molecule has 1 aliphatic rings. The number of rotatable bonds is 8. The summed E-state index contributed by atoms with van der Waals surface area (Å²) in [4.78, 5) is 5.15. The van der Waals surface area contributed by atoms with Crippen LogP contribution >= 0.6 is 12.2 Å². The summed E-state index contributed by atoms with van der Waals surface area (Å²) in [7, 11) is 4.73. The molecule has 0 unspecified atom stereocenters. The third-order valence-electron chi connectivity index (χ3n) is 5.81. The number of nitrogens with zero attached hydrogens (tertiary/aromatic N) is 4. The highest BCUT2D eigenvalue weighted by Gasteiger charge is 2.20. The fraction of sp³-hybridized carbons (Fsp3) is 0.417. The van der Waals surface area contributed by atoms with Gasteiger partial charge in [-0.25, -0.2) is 4.68 Å². The molecule has 0 N–H and O–H groups in total. The Morgan fingerprint density at radius 3 is 2.21 bits per heavy atom. The lowest BCUT2D eigenvalue weighted by Gasteiger charge is -2.34. The third kappa shape index (κ3) is 5.38. The quantitative estimate of drug-likeness (QED) is 0.458. The molecule has 2 aromatic carbocycles. The van der Waals surface area contributed by atoms with Crippen molar-refractivity contribution in [2.75, 3.05) is 47.5 Å². The first-order valence-corrected chi connectivity index (χ1v) is 11.3. The number of methoxy groups -OCH3 is 3. The van der Waals surface area contributed by atoms with Gasteiger partial charge in [0.25, 0.3) is 4.84 Å². The highest BCUT2D eigenvalue weighted by atomic mass is 32.1. The van der Waals surface area contributed by atoms with Crippen LogP contribution in [0.4, 0.5) is 0 Å². The molecule has 0 amide bonds. The topological polar surface area (TPSA) is 65.1 Å². The van der Waals surface area contributed by atoms with Crippen LogP contribution in [-0.4, -0.2) is 67.1 Å². The summed E-state index contributed by atoms with van der Waals surface area (Å²) in [6.07, 6.45) is 0. The zero-order valence-electron chi connectivity index (χ0n) is 19.5. The minimum absolute atomic E-state index is 0.334. The monoisotopic (exact) mass is 470 g/mol. The number of ether oxygens (including phenoxy) is 3. The Morgan fingerprint density at radius 2 is 1.61 bits per heavy atom. The van der Waals surface area contributed by atoms with Crippen LogP contribution in [0.2, 0.25) is 0 Å². The predicted molar refractivity (Wildman–Crippen MR) is 128 cm³/mol. The standard InChI is InChI=1S/C24H30N4O4S/c1-17-6-5-7-18(12-17)15-26-8-10-27(11-9-26)16-28-24(33)32-23(25-28)19-13-20(29-2)22(31-4)21(14-19)30-3/h5-7,12-14H,8-11,15-16H2,1-4H3. The lowest BCUT2D eigenvalue weighted by atomic mass is 10.1. The largest absolute Gasteiger partial charge is 0.493 e. The van der Waals surface area contributed by atoms with E-state index < -0.39 is 0 Å². The molecule has 1 fully saturated rings. The molecule has 1 aromatic heterocycles. The molecule has 0 radical (unpaired) electrons. The van der Waals surface area contributed by atoms with Crippen molar-refractivity contribution in [3.05, 3.63) is 52.4 Å². The van der Waals surface area contributed by atoms with Crippen molar-refractivity contribution in [2.45, 2.75) is 20.1 Å². The van der Waals surface area contributed by atoms with Crippen LogP contribution in [0.15, 0.2) is 40.8 Å². The molecule has 33 heavy (non-hydrogen) atoms. The first-order valence-electron chi connectivity index (χ1n) is 10.9. The molecule has 0 atom stereocenters. The normalized spacial score (nSPS) is 14.9. The van der Waals surface area contributed by atoms with Crippen LogP contribution in [0.3, 0.4) is 0 Å². The van der Waals surface area contributed by atoms with Crippen molar-refractivity contribution in [1.82, 2.24) is 19.6 Å². The van der Waals surface area contributed by atoms with Gasteiger partial charge in [-0.2, -0.15) is 0 Å². The SMILES string of the molecule is COc1cc(-c2nn(CN3CCN(Cc4cccc(C)c4)CC3)c(=S)o2)cc(OC)c1OC. The first-order chi connectivity index (χ1) is 16.0. The van der Waals surface area contributed by atoms with Gasteiger partial charge in [-0.15, -0.1) is 5.10 Å². The summed E-state index contributed by atoms with van der Waals surface area (Å²) in [5, 5.41) is 4.62. The molecule has 0 spiro atoms. The van der Waals surface area contributed by atoms with Gasteiger partial charge in [-0.1, -0.05) is 29.8 Å². The van der Waals surface area contributed by atoms with E-state index in [2.05, 4.69) is 46.1 Å². The summed E-state index contributed by atoms with van der Waals surface area (Å²) in [6.45, 7) is 7.59. The molecular formula is C24H30N4O4S. The smallest absolute Gasteiger partial charge is 0.288 e. The van der Waals surface area contributed by atoms with E-state index in [0.717, 1.165) is 32.7 Å². The van der Waals surface area contributed by atoms with Crippen LogP contribution in [0, 0.1) is 11.8 Å². The van der Waals surface area contributed by atoms with Crippen molar-refractivity contribution >= 4 is 12.2 Å². The van der Waals surface area contributed by atoms with Crippen LogP contribution in [0.5, 0.6) is 17.2 Å². The van der Waals surface area contributed by atoms with Gasteiger partial charge in [0, 0.05) is 38.3 Å². The summed E-state index contributed by atoms with van der Waals surface area (Å²) in [5.41, 5.74) is 3.36. The molecule has 3 aromatic rings. The van der Waals surface area contributed by atoms with E-state index in [9.17, 15) is 0 Å². The van der Waals surface area contributed by atoms with Crippen molar-refractivity contribution in [3.8, 4) is 28.7 Å². The average molecular weight is 471 g/mol. The second-order valence-electron chi connectivity index (χ2n) is 8.11. The molecule has 2 heterocycles. The number of aromatic nitrogens is 2. The van der Waals surface area contributed by atoms with E-state index in [1.54, 1.807) is 38.1 Å². The maximum Gasteiger partial charge on any atom is 0.288 e. The molecular weight excluding hydrogens is 440 g/mol. The van der Waals surface area contributed by atoms with Gasteiger partial charge in [0.05, 0.1) is 28.0 Å². The van der Waals surface area contributed by atoms with E-state index in [0.29, 0.717) is 40.2 Å². The van der Waals surface area contributed by atoms with Gasteiger partial charge >= 0.3 is 0 Å². The van der Waals surface area contributed by atoms with Crippen molar-refractivity contribution < 1.29 is 18.6 Å². The molecule has 1 aliphatic heterocycles. The lowest BCUT2D eigenvalue weighted by Crippen LogP contribution is -2.46. The van der Waals surface area contributed by atoms with Crippen molar-refractivity contribution in [3.63, 3.8) is 0 Å². The summed E-state index contributed by atoms with van der Waals surface area (Å²) in [5.74, 6) is 2.00. The maximum atomic E-state index is 5.80. The Morgan fingerprint density at radius 1 is 0.939 bits per heavy atom. The summed E-state index contributed by atoms with van der Waals surface area (Å²) < 4.78 is 23.8. The Labute approximate surface area is 199 Å². The highest BCUT2D eigenvalue weighted by Crippen LogP contribution is 2.40. The number of hydrogen-bond donors (Lipinski definition) is 0. The molecule has 8 nitrogen and oxygen atoms in total. The Bertz CT molecular complexity index is 1130. The van der Waals surface area contributed by atoms with Crippen molar-refractivity contribution in [2.24, 2.45) is 0 Å². The Balaban J connectivity index is 1.42. The molecule has 4 rings (SSSR count). The van der Waals surface area contributed by atoms with Crippen LogP contribution in [-0.2, 0) is 13.2 Å². The van der Waals surface area contributed by atoms with E-state index in [4.69, 9.17) is 30.8 Å². The zero-order valence-corrected chi connectivity index (χ0v) is 20.4. The fourth-order valence-corrected chi connectivity index (χ4v) is 4.24. The van der Waals surface area contributed by atoms with Gasteiger partial charge in [-0.05, 0) is 36.8 Å². The minimum atomic E-state index is 0.334. The Hall–Kier alpha value is -2.88. The molecule has 0 bridgehead atoms. The molecule has 9 heteroatoms. The van der Waals surface area contributed by atoms with Gasteiger partial charge in [0.15, 0.2) is 11.5 Å². The maximum absolute atomic E-state index is 5.80. The first kappa shape index (κ1) is 23.3. The summed E-state index contributed by atoms with van der Waals surface area (Å²) in [6, 6.07) is 12.3. The van der Waals surface area contributed by atoms with Gasteiger partial charge < -0.3 is 18.6 Å².